The van der Waals surface area contributed by atoms with Crippen LogP contribution in [0.4, 0.5) is 24.7 Å². The first-order valence-electron chi connectivity index (χ1n) is 9.94. The number of amides is 2. The number of fused-ring (bicyclic) bond motifs is 1. The van der Waals surface area contributed by atoms with Crippen LogP contribution in [0.1, 0.15) is 36.7 Å². The van der Waals surface area contributed by atoms with Crippen molar-refractivity contribution in [2.75, 3.05) is 17.2 Å². The Labute approximate surface area is 186 Å². The van der Waals surface area contributed by atoms with Gasteiger partial charge in [-0.05, 0) is 39.0 Å². The second-order valence-corrected chi connectivity index (χ2v) is 8.29. The van der Waals surface area contributed by atoms with Crippen LogP contribution in [-0.2, 0) is 15.7 Å². The minimum atomic E-state index is -4.71. The molecule has 1 saturated heterocycles. The van der Waals surface area contributed by atoms with Crippen LogP contribution >= 0.6 is 0 Å². The molecular weight excluding hydrogens is 441 g/mol. The molecule has 1 aliphatic heterocycles. The van der Waals surface area contributed by atoms with Crippen molar-refractivity contribution < 1.29 is 27.5 Å². The maximum Gasteiger partial charge on any atom is 0.418 e. The van der Waals surface area contributed by atoms with Gasteiger partial charge in [0.25, 0.3) is 11.8 Å². The Morgan fingerprint density at radius 2 is 1.97 bits per heavy atom. The molecule has 33 heavy (non-hydrogen) atoms. The van der Waals surface area contributed by atoms with Crippen molar-refractivity contribution in [3.8, 4) is 11.3 Å². The summed E-state index contributed by atoms with van der Waals surface area (Å²) in [5.74, 6) is -1.54. The van der Waals surface area contributed by atoms with E-state index in [1.807, 2.05) is 0 Å². The van der Waals surface area contributed by atoms with Gasteiger partial charge < -0.3 is 21.1 Å². The summed E-state index contributed by atoms with van der Waals surface area (Å²) in [6.45, 7) is 5.11. The van der Waals surface area contributed by atoms with Crippen LogP contribution < -0.4 is 16.4 Å². The normalized spacial score (nSPS) is 18.7. The van der Waals surface area contributed by atoms with Gasteiger partial charge in [0, 0.05) is 5.56 Å². The number of nitrogen functional groups attached to an aromatic ring is 1. The van der Waals surface area contributed by atoms with E-state index in [0.717, 1.165) is 16.9 Å². The maximum atomic E-state index is 13.7. The fraction of sp³-hybridized carbons (Fsp3) is 0.333. The number of carbonyl (C=O) groups excluding carboxylic acids is 2. The average Bonchev–Trinajstić information content (AvgIpc) is 3.13. The summed E-state index contributed by atoms with van der Waals surface area (Å²) in [5, 5.41) is 3.94. The van der Waals surface area contributed by atoms with Crippen LogP contribution in [0.15, 0.2) is 30.6 Å². The van der Waals surface area contributed by atoms with E-state index in [0.29, 0.717) is 0 Å². The highest BCUT2D eigenvalue weighted by Gasteiger charge is 2.42. The van der Waals surface area contributed by atoms with E-state index in [1.165, 1.54) is 23.1 Å². The second kappa shape index (κ2) is 7.44. The first-order valence-corrected chi connectivity index (χ1v) is 9.94. The van der Waals surface area contributed by atoms with E-state index in [9.17, 15) is 22.8 Å². The Morgan fingerprint density at radius 3 is 2.61 bits per heavy atom. The lowest BCUT2D eigenvalue weighted by atomic mass is 9.99. The predicted octanol–water partition coefficient (Wildman–Crippen LogP) is 2.63. The Hall–Kier alpha value is -3.67. The third-order valence-corrected chi connectivity index (χ3v) is 5.57. The molecule has 3 aromatic rings. The van der Waals surface area contributed by atoms with Gasteiger partial charge in [0.2, 0.25) is 0 Å². The zero-order valence-corrected chi connectivity index (χ0v) is 18.0. The van der Waals surface area contributed by atoms with Gasteiger partial charge in [-0.2, -0.15) is 18.3 Å². The molecule has 4 N–H and O–H groups in total. The fourth-order valence-corrected chi connectivity index (χ4v) is 3.89. The Morgan fingerprint density at radius 1 is 1.27 bits per heavy atom. The zero-order chi connectivity index (χ0) is 24.3. The molecule has 1 unspecified atom stereocenters. The van der Waals surface area contributed by atoms with Crippen molar-refractivity contribution >= 4 is 28.8 Å². The Kier molecular flexibility index (Phi) is 5.08. The lowest BCUT2D eigenvalue weighted by Crippen LogP contribution is -2.58. The van der Waals surface area contributed by atoms with Gasteiger partial charge in [-0.15, -0.1) is 0 Å². The minimum absolute atomic E-state index is 0.0442. The highest BCUT2D eigenvalue weighted by Crippen LogP contribution is 2.40. The first kappa shape index (κ1) is 22.5. The Balaban J connectivity index is 1.97. The number of carbonyl (C=O) groups is 2. The summed E-state index contributed by atoms with van der Waals surface area (Å²) in [6, 6.07) is 4.69. The third-order valence-electron chi connectivity index (χ3n) is 5.57. The minimum Gasteiger partial charge on any atom is -0.382 e. The molecule has 12 heteroatoms. The van der Waals surface area contributed by atoms with E-state index in [2.05, 4.69) is 10.1 Å². The number of rotatable bonds is 3. The molecule has 174 valence electrons. The molecule has 0 radical (unpaired) electrons. The van der Waals surface area contributed by atoms with E-state index in [-0.39, 0.29) is 34.9 Å². The summed E-state index contributed by atoms with van der Waals surface area (Å²) < 4.78 is 47.7. The molecule has 1 atom stereocenters. The first-order chi connectivity index (χ1) is 15.3. The molecular formula is C21H21F3N6O3. The van der Waals surface area contributed by atoms with Crippen molar-refractivity contribution in [3.05, 3.63) is 41.7 Å². The molecule has 4 rings (SSSR count). The second-order valence-electron chi connectivity index (χ2n) is 8.29. The van der Waals surface area contributed by atoms with Crippen LogP contribution in [0.3, 0.4) is 0 Å². The molecule has 0 bridgehead atoms. The highest BCUT2D eigenvalue weighted by molar-refractivity contribution is 6.07. The summed E-state index contributed by atoms with van der Waals surface area (Å²) >= 11 is 0. The fourth-order valence-electron chi connectivity index (χ4n) is 3.89. The molecule has 9 nitrogen and oxygen atoms in total. The molecule has 1 aromatic carbocycles. The zero-order valence-electron chi connectivity index (χ0n) is 18.0. The van der Waals surface area contributed by atoms with Crippen molar-refractivity contribution in [2.45, 2.75) is 38.6 Å². The van der Waals surface area contributed by atoms with Gasteiger partial charge in [0.15, 0.2) is 5.82 Å². The lowest BCUT2D eigenvalue weighted by molar-refractivity contribution is -0.147. The number of nitrogens with two attached hydrogens (primary N) is 2. The van der Waals surface area contributed by atoms with Crippen molar-refractivity contribution in [1.82, 2.24) is 14.6 Å². The number of hydrogen-bond donors (Lipinski definition) is 2. The standard InChI is InChI=1S/C21H21F3N6O3/c1-10-8-33-20(2,3)19(32)29(10)15-6-11(4-5-12(15)18(26)31)14-7-13(21(22,23)24)16-17(25)27-9-28-30(14)16/h4-7,9-10H,8H2,1-3H3,(H2,26,31)(H2,25,27,28). The number of hydrogen-bond acceptors (Lipinski definition) is 6. The summed E-state index contributed by atoms with van der Waals surface area (Å²) in [7, 11) is 0. The average molecular weight is 462 g/mol. The van der Waals surface area contributed by atoms with Gasteiger partial charge >= 0.3 is 6.18 Å². The number of anilines is 2. The number of ether oxygens (including phenoxy) is 1. The topological polar surface area (TPSA) is 129 Å². The number of aromatic nitrogens is 3. The van der Waals surface area contributed by atoms with Gasteiger partial charge in [0.05, 0.1) is 35.2 Å². The smallest absolute Gasteiger partial charge is 0.382 e. The third kappa shape index (κ3) is 3.65. The number of primary amides is 1. The number of morpholine rings is 1. The monoisotopic (exact) mass is 462 g/mol. The molecule has 3 heterocycles. The van der Waals surface area contributed by atoms with Gasteiger partial charge in [-0.25, -0.2) is 9.50 Å². The largest absolute Gasteiger partial charge is 0.418 e. The predicted molar refractivity (Wildman–Crippen MR) is 113 cm³/mol. The van der Waals surface area contributed by atoms with Crippen LogP contribution in [0.25, 0.3) is 16.8 Å². The number of halogens is 3. The van der Waals surface area contributed by atoms with Gasteiger partial charge in [-0.3, -0.25) is 9.59 Å². The highest BCUT2D eigenvalue weighted by atomic mass is 19.4. The van der Waals surface area contributed by atoms with Crippen LogP contribution in [0.5, 0.6) is 0 Å². The number of nitrogens with zero attached hydrogens (tertiary/aromatic N) is 4. The SMILES string of the molecule is CC1COC(C)(C)C(=O)N1c1cc(-c2cc(C(F)(F)F)c3c(N)ncnn23)ccc1C(N)=O. The van der Waals surface area contributed by atoms with Crippen molar-refractivity contribution in [3.63, 3.8) is 0 Å². The van der Waals surface area contributed by atoms with Crippen molar-refractivity contribution in [1.29, 1.82) is 0 Å². The van der Waals surface area contributed by atoms with E-state index < -0.39 is 40.7 Å². The molecule has 1 aliphatic rings. The maximum absolute atomic E-state index is 13.7. The van der Waals surface area contributed by atoms with E-state index in [4.69, 9.17) is 16.2 Å². The van der Waals surface area contributed by atoms with Crippen LogP contribution in [-0.4, -0.2) is 44.7 Å². The number of benzene rings is 1. The van der Waals surface area contributed by atoms with Gasteiger partial charge in [0.1, 0.15) is 17.4 Å². The molecule has 0 aliphatic carbocycles. The summed E-state index contributed by atoms with van der Waals surface area (Å²) in [6.07, 6.45) is -3.67. The van der Waals surface area contributed by atoms with E-state index >= 15 is 0 Å². The van der Waals surface area contributed by atoms with E-state index in [1.54, 1.807) is 20.8 Å². The van der Waals surface area contributed by atoms with Gasteiger partial charge in [-0.1, -0.05) is 6.07 Å². The quantitative estimate of drug-likeness (QED) is 0.616. The van der Waals surface area contributed by atoms with Crippen molar-refractivity contribution in [2.24, 2.45) is 5.73 Å². The summed E-state index contributed by atoms with van der Waals surface area (Å²) in [5.41, 5.74) is 9.23. The molecule has 1 fully saturated rings. The molecule has 0 spiro atoms. The van der Waals surface area contributed by atoms with Crippen LogP contribution in [0, 0.1) is 0 Å². The lowest BCUT2D eigenvalue weighted by Gasteiger charge is -2.42. The Bertz CT molecular complexity index is 1280. The molecule has 2 amide bonds. The number of alkyl halides is 3. The molecule has 2 aromatic heterocycles. The van der Waals surface area contributed by atoms with Crippen LogP contribution in [0.2, 0.25) is 0 Å². The summed E-state index contributed by atoms with van der Waals surface area (Å²) in [4.78, 5) is 30.3. The molecule has 0 saturated carbocycles.